The molecule has 0 saturated heterocycles. The molecule has 0 fully saturated rings. The van der Waals surface area contributed by atoms with Gasteiger partial charge in [-0.05, 0) is 0 Å². The summed E-state index contributed by atoms with van der Waals surface area (Å²) in [5, 5.41) is 0. The van der Waals surface area contributed by atoms with Gasteiger partial charge >= 0.3 is 159 Å². The van der Waals surface area contributed by atoms with Crippen molar-refractivity contribution in [3.63, 3.8) is 0 Å². The third-order valence-electron chi connectivity index (χ3n) is 5.60. The SMILES string of the molecule is CCC[CH2][Sn]([CH2]CCC)([CH2]CCC)[O]C1CCc2ccccc2C1=O. The van der Waals surface area contributed by atoms with Crippen LogP contribution in [0.15, 0.2) is 24.3 Å². The van der Waals surface area contributed by atoms with Crippen LogP contribution in [0.1, 0.15) is 81.6 Å². The van der Waals surface area contributed by atoms with Crippen LogP contribution < -0.4 is 0 Å². The number of unbranched alkanes of at least 4 members (excludes halogenated alkanes) is 3. The Morgan fingerprint density at radius 2 is 1.52 bits per heavy atom. The Balaban J connectivity index is 2.17. The number of benzene rings is 1. The number of rotatable bonds is 11. The molecular formula is C22H36O2Sn. The first-order valence-corrected chi connectivity index (χ1v) is 17.7. The van der Waals surface area contributed by atoms with Gasteiger partial charge in [-0.15, -0.1) is 0 Å². The quantitative estimate of drug-likeness (QED) is 0.357. The molecule has 0 radical (unpaired) electrons. The zero-order valence-corrected chi connectivity index (χ0v) is 19.3. The van der Waals surface area contributed by atoms with Gasteiger partial charge in [-0.2, -0.15) is 0 Å². The molecule has 0 N–H and O–H groups in total. The van der Waals surface area contributed by atoms with Gasteiger partial charge in [0.15, 0.2) is 0 Å². The minimum atomic E-state index is -2.71. The van der Waals surface area contributed by atoms with Crippen LogP contribution in [0.4, 0.5) is 0 Å². The number of fused-ring (bicyclic) bond motifs is 1. The Bertz CT molecular complexity index is 519. The molecule has 25 heavy (non-hydrogen) atoms. The van der Waals surface area contributed by atoms with Crippen molar-refractivity contribution in [1.29, 1.82) is 0 Å². The summed E-state index contributed by atoms with van der Waals surface area (Å²) in [5.41, 5.74) is 2.13. The molecule has 3 heteroatoms. The van der Waals surface area contributed by atoms with E-state index in [1.54, 1.807) is 0 Å². The van der Waals surface area contributed by atoms with Gasteiger partial charge in [0.25, 0.3) is 0 Å². The van der Waals surface area contributed by atoms with Gasteiger partial charge in [0.1, 0.15) is 0 Å². The Labute approximate surface area is 159 Å². The standard InChI is InChI=1S/C10H9O2.3C4H9.Sn/c11-9-6-5-7-3-1-2-4-8(7)10(9)12;3*1-3-4-2;/h1-4,9H,5-6H2;3*1,3-4H2,2H3;/q-1;;;;+1. The summed E-state index contributed by atoms with van der Waals surface area (Å²) in [6, 6.07) is 8.13. The van der Waals surface area contributed by atoms with Crippen LogP contribution in [0.25, 0.3) is 0 Å². The van der Waals surface area contributed by atoms with Crippen LogP contribution in [0.2, 0.25) is 13.3 Å². The molecule has 0 bridgehead atoms. The second-order valence-electron chi connectivity index (χ2n) is 7.66. The van der Waals surface area contributed by atoms with Crippen molar-refractivity contribution in [2.45, 2.75) is 91.6 Å². The Morgan fingerprint density at radius 3 is 2.08 bits per heavy atom. The van der Waals surface area contributed by atoms with Crippen molar-refractivity contribution in [3.8, 4) is 0 Å². The maximum absolute atomic E-state index is 13.0. The van der Waals surface area contributed by atoms with E-state index in [-0.39, 0.29) is 11.9 Å². The molecular weight excluding hydrogens is 415 g/mol. The molecule has 140 valence electrons. The van der Waals surface area contributed by atoms with E-state index in [1.807, 2.05) is 18.2 Å². The van der Waals surface area contributed by atoms with Crippen LogP contribution in [0.5, 0.6) is 0 Å². The number of Topliss-reactive ketones (excluding diaryl/α,β-unsaturated/α-hetero) is 1. The van der Waals surface area contributed by atoms with Crippen molar-refractivity contribution in [3.05, 3.63) is 35.4 Å². The molecule has 1 aromatic rings. The van der Waals surface area contributed by atoms with Crippen LogP contribution in [-0.2, 0) is 9.49 Å². The fourth-order valence-corrected chi connectivity index (χ4v) is 18.1. The predicted octanol–water partition coefficient (Wildman–Crippen LogP) is 6.55. The molecule has 1 aliphatic rings. The molecule has 2 rings (SSSR count). The first-order valence-electron chi connectivity index (χ1n) is 10.5. The van der Waals surface area contributed by atoms with Gasteiger partial charge in [-0.3, -0.25) is 0 Å². The maximum atomic E-state index is 13.0. The molecule has 0 aliphatic heterocycles. The van der Waals surface area contributed by atoms with Crippen LogP contribution >= 0.6 is 0 Å². The van der Waals surface area contributed by atoms with Crippen molar-refractivity contribution in [1.82, 2.24) is 0 Å². The second-order valence-corrected chi connectivity index (χ2v) is 19.4. The molecule has 1 atom stereocenters. The van der Waals surface area contributed by atoms with E-state index < -0.39 is 18.8 Å². The summed E-state index contributed by atoms with van der Waals surface area (Å²) < 4.78 is 10.8. The molecule has 1 unspecified atom stereocenters. The average molecular weight is 451 g/mol. The number of aryl methyl sites for hydroxylation is 1. The topological polar surface area (TPSA) is 26.3 Å². The summed E-state index contributed by atoms with van der Waals surface area (Å²) in [6.07, 6.45) is 9.27. The van der Waals surface area contributed by atoms with Crippen LogP contribution in [0.3, 0.4) is 0 Å². The van der Waals surface area contributed by atoms with Gasteiger partial charge in [-0.1, -0.05) is 0 Å². The number of hydrogen-bond acceptors (Lipinski definition) is 2. The Morgan fingerprint density at radius 1 is 0.960 bits per heavy atom. The monoisotopic (exact) mass is 452 g/mol. The fraction of sp³-hybridized carbons (Fsp3) is 0.682. The molecule has 0 saturated carbocycles. The van der Waals surface area contributed by atoms with Crippen LogP contribution in [-0.4, -0.2) is 30.7 Å². The summed E-state index contributed by atoms with van der Waals surface area (Å²) in [5.74, 6) is 0.257. The van der Waals surface area contributed by atoms with Gasteiger partial charge in [0.05, 0.1) is 0 Å². The van der Waals surface area contributed by atoms with Crippen LogP contribution in [0, 0.1) is 0 Å². The van der Waals surface area contributed by atoms with Crippen molar-refractivity contribution in [2.75, 3.05) is 0 Å². The normalized spacial score (nSPS) is 17.6. The second kappa shape index (κ2) is 10.7. The summed E-state index contributed by atoms with van der Waals surface area (Å²) in [4.78, 5) is 13.0. The first-order chi connectivity index (χ1) is 12.2. The van der Waals surface area contributed by atoms with E-state index in [2.05, 4.69) is 26.8 Å². The number of ketones is 1. The number of hydrogen-bond donors (Lipinski definition) is 0. The average Bonchev–Trinajstić information content (AvgIpc) is 2.65. The molecule has 0 spiro atoms. The molecule has 0 heterocycles. The van der Waals surface area contributed by atoms with Gasteiger partial charge < -0.3 is 0 Å². The minimum absolute atomic E-state index is 0.156. The van der Waals surface area contributed by atoms with E-state index in [9.17, 15) is 4.79 Å². The first kappa shape index (κ1) is 21.0. The van der Waals surface area contributed by atoms with E-state index in [0.717, 1.165) is 18.4 Å². The molecule has 0 aromatic heterocycles. The Hall–Kier alpha value is -0.351. The number of carbonyl (C=O) groups is 1. The van der Waals surface area contributed by atoms with E-state index >= 15 is 0 Å². The van der Waals surface area contributed by atoms with E-state index in [4.69, 9.17) is 3.07 Å². The summed E-state index contributed by atoms with van der Waals surface area (Å²) in [7, 11) is 0. The fourth-order valence-electron chi connectivity index (χ4n) is 4.03. The van der Waals surface area contributed by atoms with Gasteiger partial charge in [0, 0.05) is 0 Å². The molecule has 2 nitrogen and oxygen atoms in total. The predicted molar refractivity (Wildman–Crippen MR) is 109 cm³/mol. The van der Waals surface area contributed by atoms with Gasteiger partial charge in [-0.25, -0.2) is 0 Å². The van der Waals surface area contributed by atoms with Crippen molar-refractivity contribution < 1.29 is 7.87 Å². The Kier molecular flexibility index (Phi) is 8.98. The summed E-state index contributed by atoms with van der Waals surface area (Å²) >= 11 is -2.71. The van der Waals surface area contributed by atoms with E-state index in [0.29, 0.717) is 0 Å². The zero-order chi connectivity index (χ0) is 18.1. The van der Waals surface area contributed by atoms with Crippen molar-refractivity contribution in [2.24, 2.45) is 0 Å². The number of carbonyl (C=O) groups excluding carboxylic acids is 1. The molecule has 0 amide bonds. The summed E-state index contributed by atoms with van der Waals surface area (Å²) in [6.45, 7) is 6.83. The van der Waals surface area contributed by atoms with Gasteiger partial charge in [0.2, 0.25) is 0 Å². The molecule has 1 aliphatic carbocycles. The van der Waals surface area contributed by atoms with E-state index in [1.165, 1.54) is 57.4 Å². The zero-order valence-electron chi connectivity index (χ0n) is 16.5. The van der Waals surface area contributed by atoms with Crippen molar-refractivity contribution >= 4 is 24.6 Å². The third-order valence-corrected chi connectivity index (χ3v) is 18.7. The molecule has 1 aromatic carbocycles. The third kappa shape index (κ3) is 5.82.